The second-order valence-corrected chi connectivity index (χ2v) is 10.5. The van der Waals surface area contributed by atoms with Crippen LogP contribution in [0.2, 0.25) is 0 Å². The number of rotatable bonds is 8. The molecule has 0 radical (unpaired) electrons. The van der Waals surface area contributed by atoms with Crippen LogP contribution in [0.25, 0.3) is 10.4 Å². The number of aliphatic hydroxyl groups is 2. The van der Waals surface area contributed by atoms with Crippen LogP contribution in [0.4, 0.5) is 0 Å². The van der Waals surface area contributed by atoms with Crippen molar-refractivity contribution in [1.29, 1.82) is 0 Å². The zero-order chi connectivity index (χ0) is 26.0. The minimum absolute atomic E-state index is 0.0186. The molecule has 1 aromatic carbocycles. The van der Waals surface area contributed by atoms with E-state index in [-0.39, 0.29) is 43.3 Å². The molecule has 1 saturated heterocycles. The fraction of sp³-hybridized carbons (Fsp3) is 0.462. The van der Waals surface area contributed by atoms with Gasteiger partial charge in [-0.15, -0.1) is 11.3 Å². The Labute approximate surface area is 214 Å². The summed E-state index contributed by atoms with van der Waals surface area (Å²) in [7, 11) is 0. The fourth-order valence-electron chi connectivity index (χ4n) is 4.76. The van der Waals surface area contributed by atoms with Crippen molar-refractivity contribution in [2.45, 2.75) is 65.0 Å². The number of aliphatic hydroxyl groups excluding tert-OH is 2. The highest BCUT2D eigenvalue weighted by atomic mass is 32.1. The van der Waals surface area contributed by atoms with Gasteiger partial charge in [0, 0.05) is 19.2 Å². The molecule has 2 aromatic heterocycles. The Morgan fingerprint density at radius 2 is 1.92 bits per heavy atom. The number of hydrogen-bond acceptors (Lipinski definition) is 7. The number of thiazole rings is 1. The quantitative estimate of drug-likeness (QED) is 0.428. The molecule has 9 nitrogen and oxygen atoms in total. The van der Waals surface area contributed by atoms with Gasteiger partial charge in [-0.2, -0.15) is 0 Å². The smallest absolute Gasteiger partial charge is 0.246 e. The van der Waals surface area contributed by atoms with Gasteiger partial charge in [0.15, 0.2) is 0 Å². The molecule has 10 heteroatoms. The number of aromatic nitrogens is 3. The van der Waals surface area contributed by atoms with Gasteiger partial charge >= 0.3 is 0 Å². The maximum Gasteiger partial charge on any atom is 0.246 e. The Kier molecular flexibility index (Phi) is 7.87. The number of likely N-dealkylation sites (tertiary alicyclic amines) is 1. The van der Waals surface area contributed by atoms with Gasteiger partial charge in [0.1, 0.15) is 12.1 Å². The Morgan fingerprint density at radius 3 is 2.53 bits per heavy atom. The monoisotopic (exact) mass is 511 g/mol. The summed E-state index contributed by atoms with van der Waals surface area (Å²) < 4.78 is 1.79. The number of nitrogens with one attached hydrogen (secondary N) is 1. The van der Waals surface area contributed by atoms with Crippen LogP contribution in [0.3, 0.4) is 0 Å². The van der Waals surface area contributed by atoms with E-state index in [0.29, 0.717) is 5.69 Å². The molecule has 1 aliphatic rings. The van der Waals surface area contributed by atoms with Gasteiger partial charge in [-0.3, -0.25) is 9.59 Å². The molecule has 3 aromatic rings. The van der Waals surface area contributed by atoms with Crippen molar-refractivity contribution in [3.63, 3.8) is 0 Å². The number of nitrogens with zero attached hydrogens (tertiary/aromatic N) is 4. The van der Waals surface area contributed by atoms with Crippen LogP contribution in [0.1, 0.15) is 56.2 Å². The van der Waals surface area contributed by atoms with Gasteiger partial charge in [-0.25, -0.2) is 9.97 Å². The van der Waals surface area contributed by atoms with E-state index in [9.17, 15) is 19.8 Å². The van der Waals surface area contributed by atoms with Gasteiger partial charge < -0.3 is 25.0 Å². The van der Waals surface area contributed by atoms with E-state index in [4.69, 9.17) is 0 Å². The van der Waals surface area contributed by atoms with Crippen molar-refractivity contribution < 1.29 is 19.8 Å². The summed E-state index contributed by atoms with van der Waals surface area (Å²) >= 11 is 1.47. The standard InChI is InChI=1S/C26H33N5O4S/c1-15(2)23(30-10-16(3)27-13-30)26(35)31-11-20(33)9-22(31)25(34)29-17(4)18-5-7-19(8-6-18)24-21(12-32)28-14-36-24/h5-8,10,13-15,17,20,22-23,32-33H,9,11-12H2,1-4H3,(H,29,34)/t17-,20+,22-,23-/m0/s1. The molecule has 1 aliphatic heterocycles. The lowest BCUT2D eigenvalue weighted by atomic mass is 10.0. The van der Waals surface area contributed by atoms with Crippen LogP contribution in [0.5, 0.6) is 0 Å². The van der Waals surface area contributed by atoms with Crippen LogP contribution in [-0.2, 0) is 16.2 Å². The highest BCUT2D eigenvalue weighted by Gasteiger charge is 2.42. The number of aryl methyl sites for hydroxylation is 1. The summed E-state index contributed by atoms with van der Waals surface area (Å²) in [5.74, 6) is -0.499. The Balaban J connectivity index is 1.47. The first-order chi connectivity index (χ1) is 17.2. The summed E-state index contributed by atoms with van der Waals surface area (Å²) in [6.07, 6.45) is 2.91. The molecule has 192 valence electrons. The Hall–Kier alpha value is -3.08. The average Bonchev–Trinajstić information content (AvgIpc) is 3.58. The number of imidazole rings is 1. The van der Waals surface area contributed by atoms with E-state index in [1.165, 1.54) is 16.2 Å². The van der Waals surface area contributed by atoms with E-state index in [0.717, 1.165) is 21.7 Å². The lowest BCUT2D eigenvalue weighted by Gasteiger charge is -2.31. The molecule has 0 aliphatic carbocycles. The summed E-state index contributed by atoms with van der Waals surface area (Å²) in [5, 5.41) is 22.9. The lowest BCUT2D eigenvalue weighted by molar-refractivity contribution is -0.142. The summed E-state index contributed by atoms with van der Waals surface area (Å²) in [4.78, 5) is 37.7. The number of amides is 2. The third kappa shape index (κ3) is 5.35. The van der Waals surface area contributed by atoms with Gasteiger partial charge in [0.05, 0.1) is 46.9 Å². The van der Waals surface area contributed by atoms with Crippen molar-refractivity contribution in [2.75, 3.05) is 6.54 Å². The number of benzene rings is 1. The second-order valence-electron chi connectivity index (χ2n) is 9.69. The first-order valence-corrected chi connectivity index (χ1v) is 13.0. The van der Waals surface area contributed by atoms with Gasteiger partial charge in [-0.05, 0) is 30.9 Å². The SMILES string of the molecule is Cc1cn([C@H](C(=O)N2C[C@H](O)C[C@H]2C(=O)N[C@@H](C)c2ccc(-c3scnc3CO)cc2)C(C)C)cn1. The van der Waals surface area contributed by atoms with Crippen LogP contribution in [0.15, 0.2) is 42.3 Å². The molecular formula is C26H33N5O4S. The van der Waals surface area contributed by atoms with Crippen molar-refractivity contribution in [3.05, 3.63) is 59.3 Å². The third-order valence-corrected chi connectivity index (χ3v) is 7.54. The lowest BCUT2D eigenvalue weighted by Crippen LogP contribution is -2.49. The van der Waals surface area contributed by atoms with E-state index < -0.39 is 18.2 Å². The molecule has 2 amide bonds. The molecule has 0 saturated carbocycles. The van der Waals surface area contributed by atoms with Crippen molar-refractivity contribution in [3.8, 4) is 10.4 Å². The number of hydrogen-bond donors (Lipinski definition) is 3. The highest BCUT2D eigenvalue weighted by molar-refractivity contribution is 7.13. The van der Waals surface area contributed by atoms with Crippen LogP contribution in [0, 0.1) is 12.8 Å². The molecule has 3 heterocycles. The number of carbonyl (C=O) groups is 2. The van der Waals surface area contributed by atoms with Crippen LogP contribution < -0.4 is 5.32 Å². The van der Waals surface area contributed by atoms with Crippen LogP contribution >= 0.6 is 11.3 Å². The fourth-order valence-corrected chi connectivity index (χ4v) is 5.57. The zero-order valence-corrected chi connectivity index (χ0v) is 21.8. The number of β-amino-alcohol motifs (C(OH)–C–C–N with tert-alkyl or cyclic N) is 1. The summed E-state index contributed by atoms with van der Waals surface area (Å²) in [5.41, 5.74) is 5.02. The molecule has 4 rings (SSSR count). The van der Waals surface area contributed by atoms with Gasteiger partial charge in [-0.1, -0.05) is 38.1 Å². The van der Waals surface area contributed by atoms with E-state index in [2.05, 4.69) is 15.3 Å². The third-order valence-electron chi connectivity index (χ3n) is 6.62. The molecule has 36 heavy (non-hydrogen) atoms. The Bertz CT molecular complexity index is 1210. The van der Waals surface area contributed by atoms with E-state index in [1.807, 2.05) is 58.2 Å². The average molecular weight is 512 g/mol. The zero-order valence-electron chi connectivity index (χ0n) is 21.0. The molecule has 3 N–H and O–H groups in total. The molecular weight excluding hydrogens is 478 g/mol. The number of carbonyl (C=O) groups excluding carboxylic acids is 2. The normalized spacial score (nSPS) is 19.5. The molecule has 0 spiro atoms. The maximum atomic E-state index is 13.6. The summed E-state index contributed by atoms with van der Waals surface area (Å²) in [6, 6.07) is 6.21. The first kappa shape index (κ1) is 26.0. The van der Waals surface area contributed by atoms with Crippen LogP contribution in [-0.4, -0.2) is 60.2 Å². The first-order valence-electron chi connectivity index (χ1n) is 12.1. The highest BCUT2D eigenvalue weighted by Crippen LogP contribution is 2.30. The second kappa shape index (κ2) is 10.9. The molecule has 0 bridgehead atoms. The van der Waals surface area contributed by atoms with Gasteiger partial charge in [0.2, 0.25) is 11.8 Å². The van der Waals surface area contributed by atoms with Crippen molar-refractivity contribution >= 4 is 23.2 Å². The molecule has 0 unspecified atom stereocenters. The van der Waals surface area contributed by atoms with E-state index in [1.54, 1.807) is 16.4 Å². The largest absolute Gasteiger partial charge is 0.391 e. The minimum Gasteiger partial charge on any atom is -0.391 e. The minimum atomic E-state index is -0.753. The predicted molar refractivity (Wildman–Crippen MR) is 137 cm³/mol. The molecule has 1 fully saturated rings. The molecule has 4 atom stereocenters. The van der Waals surface area contributed by atoms with Gasteiger partial charge in [0.25, 0.3) is 0 Å². The topological polar surface area (TPSA) is 121 Å². The summed E-state index contributed by atoms with van der Waals surface area (Å²) in [6.45, 7) is 7.68. The predicted octanol–water partition coefficient (Wildman–Crippen LogP) is 2.84. The van der Waals surface area contributed by atoms with E-state index >= 15 is 0 Å². The Morgan fingerprint density at radius 1 is 1.19 bits per heavy atom. The maximum absolute atomic E-state index is 13.6. The van der Waals surface area contributed by atoms with Crippen molar-refractivity contribution in [2.24, 2.45) is 5.92 Å². The van der Waals surface area contributed by atoms with Crippen molar-refractivity contribution in [1.82, 2.24) is 24.8 Å².